The first-order valence-electron chi connectivity index (χ1n) is 6.24. The van der Waals surface area contributed by atoms with Crippen LogP contribution < -0.4 is 10.5 Å². The Kier molecular flexibility index (Phi) is 3.57. The molecule has 0 bridgehead atoms. The molecule has 0 heterocycles. The summed E-state index contributed by atoms with van der Waals surface area (Å²) in [6.45, 7) is 0.378. The van der Waals surface area contributed by atoms with Gasteiger partial charge in [0.2, 0.25) is 5.92 Å². The highest BCUT2D eigenvalue weighted by Crippen LogP contribution is 2.47. The average Bonchev–Trinajstić information content (AvgIpc) is 2.40. The first-order chi connectivity index (χ1) is 8.53. The molecule has 1 aliphatic carbocycles. The van der Waals surface area contributed by atoms with Crippen LogP contribution in [0.25, 0.3) is 0 Å². The molecule has 1 aromatic carbocycles. The van der Waals surface area contributed by atoms with Gasteiger partial charge in [-0.15, -0.1) is 0 Å². The molecule has 1 fully saturated rings. The second-order valence-corrected chi connectivity index (χ2v) is 5.04. The largest absolute Gasteiger partial charge is 0.496 e. The topological polar surface area (TPSA) is 35.2 Å². The summed E-state index contributed by atoms with van der Waals surface area (Å²) < 4.78 is 32.0. The van der Waals surface area contributed by atoms with Crippen molar-refractivity contribution in [1.29, 1.82) is 0 Å². The molecule has 0 amide bonds. The van der Waals surface area contributed by atoms with E-state index in [0.29, 0.717) is 19.4 Å². The van der Waals surface area contributed by atoms with Crippen LogP contribution >= 0.6 is 0 Å². The van der Waals surface area contributed by atoms with Gasteiger partial charge in [-0.1, -0.05) is 18.2 Å². The highest BCUT2D eigenvalue weighted by Gasteiger charge is 2.44. The van der Waals surface area contributed by atoms with E-state index in [-0.39, 0.29) is 18.3 Å². The zero-order chi connectivity index (χ0) is 13.2. The lowest BCUT2D eigenvalue weighted by Crippen LogP contribution is -2.42. The maximum Gasteiger partial charge on any atom is 0.248 e. The Labute approximate surface area is 106 Å². The van der Waals surface area contributed by atoms with Crippen LogP contribution in [0.15, 0.2) is 24.3 Å². The Morgan fingerprint density at radius 1 is 1.17 bits per heavy atom. The van der Waals surface area contributed by atoms with Crippen molar-refractivity contribution in [3.63, 3.8) is 0 Å². The fraction of sp³-hybridized carbons (Fsp3) is 0.571. The number of alkyl halides is 2. The number of hydrogen-bond donors (Lipinski definition) is 1. The highest BCUT2D eigenvalue weighted by molar-refractivity contribution is 5.40. The number of benzene rings is 1. The summed E-state index contributed by atoms with van der Waals surface area (Å²) in [5, 5.41) is 0. The van der Waals surface area contributed by atoms with Crippen LogP contribution in [0, 0.1) is 0 Å². The Morgan fingerprint density at radius 2 is 1.78 bits per heavy atom. The zero-order valence-corrected chi connectivity index (χ0v) is 10.6. The Morgan fingerprint density at radius 3 is 2.33 bits per heavy atom. The molecule has 4 heteroatoms. The zero-order valence-electron chi connectivity index (χ0n) is 10.6. The number of halogens is 2. The van der Waals surface area contributed by atoms with E-state index in [2.05, 4.69) is 0 Å². The summed E-state index contributed by atoms with van der Waals surface area (Å²) in [6, 6.07) is 7.58. The Bertz CT molecular complexity index is 410. The predicted octanol–water partition coefficient (Wildman–Crippen LogP) is 3.10. The van der Waals surface area contributed by atoms with Crippen molar-refractivity contribution in [3.8, 4) is 5.75 Å². The van der Waals surface area contributed by atoms with Crippen molar-refractivity contribution in [3.05, 3.63) is 29.8 Å². The van der Waals surface area contributed by atoms with Gasteiger partial charge in [-0.25, -0.2) is 8.78 Å². The fourth-order valence-corrected chi connectivity index (χ4v) is 2.76. The van der Waals surface area contributed by atoms with Gasteiger partial charge in [-0.3, -0.25) is 0 Å². The van der Waals surface area contributed by atoms with Crippen molar-refractivity contribution in [2.45, 2.75) is 37.0 Å². The average molecular weight is 255 g/mol. The molecule has 1 aliphatic rings. The van der Waals surface area contributed by atoms with Crippen LogP contribution in [-0.4, -0.2) is 19.6 Å². The quantitative estimate of drug-likeness (QED) is 0.900. The summed E-state index contributed by atoms with van der Waals surface area (Å²) in [5.74, 6) is -1.80. The second-order valence-electron chi connectivity index (χ2n) is 5.04. The summed E-state index contributed by atoms with van der Waals surface area (Å²) in [7, 11) is 1.60. The first-order valence-corrected chi connectivity index (χ1v) is 6.24. The van der Waals surface area contributed by atoms with Crippen LogP contribution in [0.2, 0.25) is 0 Å². The van der Waals surface area contributed by atoms with E-state index in [4.69, 9.17) is 10.5 Å². The van der Waals surface area contributed by atoms with Gasteiger partial charge < -0.3 is 10.5 Å². The summed E-state index contributed by atoms with van der Waals surface area (Å²) in [5.41, 5.74) is 6.48. The highest BCUT2D eigenvalue weighted by atomic mass is 19.3. The van der Waals surface area contributed by atoms with Gasteiger partial charge in [0.25, 0.3) is 0 Å². The molecular formula is C14H19F2NO. The molecule has 18 heavy (non-hydrogen) atoms. The van der Waals surface area contributed by atoms with Crippen LogP contribution in [-0.2, 0) is 5.41 Å². The van der Waals surface area contributed by atoms with Crippen molar-refractivity contribution >= 4 is 0 Å². The normalized spacial score (nSPS) is 21.6. The smallest absolute Gasteiger partial charge is 0.248 e. The van der Waals surface area contributed by atoms with Crippen molar-refractivity contribution in [1.82, 2.24) is 0 Å². The van der Waals surface area contributed by atoms with E-state index in [1.807, 2.05) is 24.3 Å². The van der Waals surface area contributed by atoms with Gasteiger partial charge in [0.05, 0.1) is 7.11 Å². The molecule has 0 unspecified atom stereocenters. The third-order valence-electron chi connectivity index (χ3n) is 4.01. The maximum atomic E-state index is 13.3. The predicted molar refractivity (Wildman–Crippen MR) is 67.1 cm³/mol. The van der Waals surface area contributed by atoms with E-state index in [9.17, 15) is 8.78 Å². The molecule has 0 radical (unpaired) electrons. The molecule has 0 spiro atoms. The van der Waals surface area contributed by atoms with Gasteiger partial charge in [0.15, 0.2) is 0 Å². The molecule has 0 atom stereocenters. The van der Waals surface area contributed by atoms with Crippen LogP contribution in [0.3, 0.4) is 0 Å². The van der Waals surface area contributed by atoms with Gasteiger partial charge in [0.1, 0.15) is 5.75 Å². The van der Waals surface area contributed by atoms with E-state index < -0.39 is 5.92 Å². The minimum absolute atomic E-state index is 0.0950. The SMILES string of the molecule is COc1ccccc1C1(CN)CCC(F)(F)CC1. The van der Waals surface area contributed by atoms with Crippen molar-refractivity contribution in [2.75, 3.05) is 13.7 Å². The molecule has 1 saturated carbocycles. The van der Waals surface area contributed by atoms with Gasteiger partial charge >= 0.3 is 0 Å². The minimum Gasteiger partial charge on any atom is -0.496 e. The molecule has 0 saturated heterocycles. The Balaban J connectivity index is 2.33. The second kappa shape index (κ2) is 4.84. The number of rotatable bonds is 3. The lowest BCUT2D eigenvalue weighted by Gasteiger charge is -2.40. The van der Waals surface area contributed by atoms with Crippen LogP contribution in [0.1, 0.15) is 31.2 Å². The molecule has 100 valence electrons. The van der Waals surface area contributed by atoms with Crippen molar-refractivity contribution < 1.29 is 13.5 Å². The van der Waals surface area contributed by atoms with Crippen LogP contribution in [0.4, 0.5) is 8.78 Å². The molecule has 0 aliphatic heterocycles. The number of ether oxygens (including phenoxy) is 1. The molecule has 1 aromatic rings. The number of para-hydroxylation sites is 1. The Hall–Kier alpha value is -1.16. The summed E-state index contributed by atoms with van der Waals surface area (Å²) in [4.78, 5) is 0. The number of hydrogen-bond acceptors (Lipinski definition) is 2. The lowest BCUT2D eigenvalue weighted by atomic mass is 9.68. The maximum absolute atomic E-state index is 13.3. The van der Waals surface area contributed by atoms with E-state index >= 15 is 0 Å². The van der Waals surface area contributed by atoms with Gasteiger partial charge in [-0.2, -0.15) is 0 Å². The van der Waals surface area contributed by atoms with E-state index in [1.165, 1.54) is 0 Å². The monoisotopic (exact) mass is 255 g/mol. The standard InChI is InChI=1S/C14H19F2NO/c1-18-12-5-3-2-4-11(12)13(10-17)6-8-14(15,16)9-7-13/h2-5H,6-10,17H2,1H3. The van der Waals surface area contributed by atoms with Gasteiger partial charge in [-0.05, 0) is 18.9 Å². The number of methoxy groups -OCH3 is 1. The van der Waals surface area contributed by atoms with Crippen LogP contribution in [0.5, 0.6) is 5.75 Å². The first kappa shape index (κ1) is 13.3. The van der Waals surface area contributed by atoms with E-state index in [1.54, 1.807) is 7.11 Å². The lowest BCUT2D eigenvalue weighted by molar-refractivity contribution is -0.0511. The minimum atomic E-state index is -2.54. The van der Waals surface area contributed by atoms with Gasteiger partial charge in [0, 0.05) is 30.4 Å². The molecule has 2 rings (SSSR count). The fourth-order valence-electron chi connectivity index (χ4n) is 2.76. The third kappa shape index (κ3) is 2.34. The molecular weight excluding hydrogens is 236 g/mol. The summed E-state index contributed by atoms with van der Waals surface area (Å²) >= 11 is 0. The third-order valence-corrected chi connectivity index (χ3v) is 4.01. The molecule has 2 nitrogen and oxygen atoms in total. The van der Waals surface area contributed by atoms with E-state index in [0.717, 1.165) is 11.3 Å². The van der Waals surface area contributed by atoms with Crippen molar-refractivity contribution in [2.24, 2.45) is 5.73 Å². The molecule has 0 aromatic heterocycles. The summed E-state index contributed by atoms with van der Waals surface area (Å²) in [6.07, 6.45) is 0.637. The molecule has 2 N–H and O–H groups in total. The number of nitrogens with two attached hydrogens (primary N) is 1.